The van der Waals surface area contributed by atoms with E-state index in [1.54, 1.807) is 6.08 Å². The second-order valence-corrected chi connectivity index (χ2v) is 4.15. The highest BCUT2D eigenvalue weighted by Gasteiger charge is 2.44. The van der Waals surface area contributed by atoms with Gasteiger partial charge in [-0.25, -0.2) is 0 Å². The van der Waals surface area contributed by atoms with Crippen molar-refractivity contribution in [3.05, 3.63) is 48.0 Å². The summed E-state index contributed by atoms with van der Waals surface area (Å²) < 4.78 is 38.1. The molecule has 2 rings (SSSR count). The summed E-state index contributed by atoms with van der Waals surface area (Å²) in [4.78, 5) is 11.9. The van der Waals surface area contributed by atoms with E-state index >= 15 is 0 Å². The molecule has 1 nitrogen and oxygen atoms in total. The molecule has 0 heterocycles. The Hall–Kier alpha value is -1.58. The maximum absolute atomic E-state index is 12.7. The van der Waals surface area contributed by atoms with Crippen LogP contribution in [0.3, 0.4) is 0 Å². The van der Waals surface area contributed by atoms with Gasteiger partial charge in [0.05, 0.1) is 5.56 Å². The predicted molar refractivity (Wildman–Crippen MR) is 57.6 cm³/mol. The Kier molecular flexibility index (Phi) is 2.81. The van der Waals surface area contributed by atoms with Gasteiger partial charge in [0.25, 0.3) is 0 Å². The molecule has 4 heteroatoms. The van der Waals surface area contributed by atoms with Crippen LogP contribution in [0.4, 0.5) is 13.2 Å². The molecule has 17 heavy (non-hydrogen) atoms. The average molecular weight is 240 g/mol. The van der Waals surface area contributed by atoms with Crippen LogP contribution in [0, 0.1) is 11.8 Å². The van der Waals surface area contributed by atoms with Crippen molar-refractivity contribution in [3.8, 4) is 0 Å². The summed E-state index contributed by atoms with van der Waals surface area (Å²) in [6.07, 6.45) is -2.25. The molecule has 1 saturated carbocycles. The third-order valence-corrected chi connectivity index (χ3v) is 2.98. The van der Waals surface area contributed by atoms with Gasteiger partial charge in [-0.05, 0) is 18.4 Å². The fraction of sp³-hybridized carbons (Fsp3) is 0.308. The van der Waals surface area contributed by atoms with E-state index < -0.39 is 17.5 Å². The van der Waals surface area contributed by atoms with Gasteiger partial charge in [0.15, 0.2) is 5.78 Å². The average Bonchev–Trinajstić information content (AvgIpc) is 3.06. The zero-order valence-corrected chi connectivity index (χ0v) is 9.00. The van der Waals surface area contributed by atoms with Crippen LogP contribution < -0.4 is 0 Å². The molecule has 0 N–H and O–H groups in total. The number of allylic oxidation sites excluding steroid dienone is 1. The lowest BCUT2D eigenvalue weighted by Crippen LogP contribution is -2.14. The maximum atomic E-state index is 12.7. The molecule has 1 aromatic carbocycles. The van der Waals surface area contributed by atoms with Crippen LogP contribution in [0.25, 0.3) is 0 Å². The molecule has 0 bridgehead atoms. The van der Waals surface area contributed by atoms with Gasteiger partial charge in [-0.1, -0.05) is 24.3 Å². The second kappa shape index (κ2) is 4.02. The fourth-order valence-electron chi connectivity index (χ4n) is 1.92. The van der Waals surface area contributed by atoms with Crippen molar-refractivity contribution in [1.82, 2.24) is 0 Å². The van der Waals surface area contributed by atoms with Crippen LogP contribution in [0.1, 0.15) is 22.3 Å². The number of Topliss-reactive ketones (excluding diaryl/α,β-unsaturated/α-hetero) is 1. The molecule has 0 amide bonds. The summed E-state index contributed by atoms with van der Waals surface area (Å²) in [5, 5.41) is 0. The molecule has 1 aromatic rings. The highest BCUT2D eigenvalue weighted by atomic mass is 19.4. The Labute approximate surface area is 96.9 Å². The van der Waals surface area contributed by atoms with Gasteiger partial charge in [0.1, 0.15) is 0 Å². The molecule has 90 valence electrons. The predicted octanol–water partition coefficient (Wildman–Crippen LogP) is 3.71. The largest absolute Gasteiger partial charge is 0.417 e. The number of rotatable bonds is 3. The van der Waals surface area contributed by atoms with E-state index in [4.69, 9.17) is 0 Å². The summed E-state index contributed by atoms with van der Waals surface area (Å²) in [5.41, 5.74) is -1.07. The Morgan fingerprint density at radius 1 is 1.35 bits per heavy atom. The van der Waals surface area contributed by atoms with E-state index in [1.165, 1.54) is 18.2 Å². The number of hydrogen-bond donors (Lipinski definition) is 0. The Morgan fingerprint density at radius 3 is 2.53 bits per heavy atom. The molecule has 0 aromatic heterocycles. The van der Waals surface area contributed by atoms with Gasteiger partial charge in [0, 0.05) is 11.5 Å². The lowest BCUT2D eigenvalue weighted by atomic mass is 9.99. The Balaban J connectivity index is 2.33. The number of hydrogen-bond acceptors (Lipinski definition) is 1. The third-order valence-electron chi connectivity index (χ3n) is 2.98. The van der Waals surface area contributed by atoms with Crippen molar-refractivity contribution in [3.63, 3.8) is 0 Å². The van der Waals surface area contributed by atoms with Crippen molar-refractivity contribution >= 4 is 5.78 Å². The van der Waals surface area contributed by atoms with E-state index in [9.17, 15) is 18.0 Å². The summed E-state index contributed by atoms with van der Waals surface area (Å²) >= 11 is 0. The van der Waals surface area contributed by atoms with Crippen molar-refractivity contribution < 1.29 is 18.0 Å². The zero-order valence-electron chi connectivity index (χ0n) is 9.00. The van der Waals surface area contributed by atoms with E-state index in [1.807, 2.05) is 0 Å². The minimum absolute atomic E-state index is 0.0313. The van der Waals surface area contributed by atoms with Gasteiger partial charge in [-0.15, -0.1) is 6.58 Å². The van der Waals surface area contributed by atoms with Crippen LogP contribution in [0.5, 0.6) is 0 Å². The van der Waals surface area contributed by atoms with Crippen molar-refractivity contribution in [2.45, 2.75) is 12.6 Å². The lowest BCUT2D eigenvalue weighted by Gasteiger charge is -2.11. The van der Waals surface area contributed by atoms with Crippen LogP contribution in [0.2, 0.25) is 0 Å². The smallest absolute Gasteiger partial charge is 0.294 e. The first-order valence-corrected chi connectivity index (χ1v) is 5.28. The van der Waals surface area contributed by atoms with E-state index in [-0.39, 0.29) is 17.4 Å². The number of halogens is 3. The molecule has 1 fully saturated rings. The topological polar surface area (TPSA) is 17.1 Å². The highest BCUT2D eigenvalue weighted by molar-refractivity contribution is 6.01. The van der Waals surface area contributed by atoms with Crippen LogP contribution in [-0.2, 0) is 6.18 Å². The minimum atomic E-state index is -4.48. The molecule has 0 unspecified atom stereocenters. The van der Waals surface area contributed by atoms with E-state index in [2.05, 4.69) is 6.58 Å². The van der Waals surface area contributed by atoms with Gasteiger partial charge in [-0.3, -0.25) is 4.79 Å². The van der Waals surface area contributed by atoms with Crippen molar-refractivity contribution in [1.29, 1.82) is 0 Å². The summed E-state index contributed by atoms with van der Waals surface area (Å²) in [6, 6.07) is 4.92. The van der Waals surface area contributed by atoms with E-state index in [0.29, 0.717) is 6.42 Å². The summed E-state index contributed by atoms with van der Waals surface area (Å²) in [5.74, 6) is -0.720. The van der Waals surface area contributed by atoms with Crippen LogP contribution >= 0.6 is 0 Å². The normalized spacial score (nSPS) is 23.2. The first-order valence-electron chi connectivity index (χ1n) is 5.28. The highest BCUT2D eigenvalue weighted by Crippen LogP contribution is 2.43. The summed E-state index contributed by atoms with van der Waals surface area (Å²) in [7, 11) is 0. The van der Waals surface area contributed by atoms with Crippen LogP contribution in [0.15, 0.2) is 36.9 Å². The monoisotopic (exact) mass is 240 g/mol. The van der Waals surface area contributed by atoms with Gasteiger partial charge in [0.2, 0.25) is 0 Å². The number of carbonyl (C=O) groups is 1. The fourth-order valence-corrected chi connectivity index (χ4v) is 1.92. The van der Waals surface area contributed by atoms with Gasteiger partial charge < -0.3 is 0 Å². The lowest BCUT2D eigenvalue weighted by molar-refractivity contribution is -0.137. The van der Waals surface area contributed by atoms with Crippen molar-refractivity contribution in [2.24, 2.45) is 11.8 Å². The third kappa shape index (κ3) is 2.25. The Bertz CT molecular complexity index is 462. The first-order chi connectivity index (χ1) is 7.95. The Morgan fingerprint density at radius 2 is 2.00 bits per heavy atom. The molecule has 1 aliphatic carbocycles. The van der Waals surface area contributed by atoms with Crippen molar-refractivity contribution in [2.75, 3.05) is 0 Å². The standard InChI is InChI=1S/C13H11F3O/c1-2-8-7-10(8)12(17)9-5-3-4-6-11(9)13(14,15)16/h2-6,8,10H,1,7H2/t8-,10-/m1/s1. The maximum Gasteiger partial charge on any atom is 0.417 e. The first kappa shape index (κ1) is 11.9. The van der Waals surface area contributed by atoms with E-state index in [0.717, 1.165) is 6.07 Å². The number of ketones is 1. The molecular formula is C13H11F3O. The SMILES string of the molecule is C=C[C@@H]1C[C@H]1C(=O)c1ccccc1C(F)(F)F. The molecule has 0 radical (unpaired) electrons. The molecule has 0 spiro atoms. The number of alkyl halides is 3. The van der Waals surface area contributed by atoms with Gasteiger partial charge >= 0.3 is 6.18 Å². The number of carbonyl (C=O) groups excluding carboxylic acids is 1. The molecular weight excluding hydrogens is 229 g/mol. The quantitative estimate of drug-likeness (QED) is 0.581. The summed E-state index contributed by atoms with van der Waals surface area (Å²) in [6.45, 7) is 3.55. The molecule has 0 saturated heterocycles. The zero-order chi connectivity index (χ0) is 12.6. The van der Waals surface area contributed by atoms with Crippen LogP contribution in [-0.4, -0.2) is 5.78 Å². The number of benzene rings is 1. The minimum Gasteiger partial charge on any atom is -0.294 e. The van der Waals surface area contributed by atoms with Gasteiger partial charge in [-0.2, -0.15) is 13.2 Å². The molecule has 1 aliphatic rings. The molecule has 0 aliphatic heterocycles. The molecule has 2 atom stereocenters. The second-order valence-electron chi connectivity index (χ2n) is 4.15.